The summed E-state index contributed by atoms with van der Waals surface area (Å²) in [5.41, 5.74) is 2.72. The van der Waals surface area contributed by atoms with Crippen molar-refractivity contribution in [1.82, 2.24) is 10.3 Å². The number of nitrogens with one attached hydrogen (secondary N) is 1. The van der Waals surface area contributed by atoms with Gasteiger partial charge in [0.1, 0.15) is 0 Å². The highest BCUT2D eigenvalue weighted by Gasteiger charge is 2.30. The zero-order valence-electron chi connectivity index (χ0n) is 10.6. The van der Waals surface area contributed by atoms with E-state index in [1.54, 1.807) is 7.11 Å². The Kier molecular flexibility index (Phi) is 5.55. The maximum absolute atomic E-state index is 5.55. The first-order valence-corrected chi connectivity index (χ1v) is 6.02. The molecule has 1 aliphatic carbocycles. The number of ether oxygens (including phenoxy) is 1. The van der Waals surface area contributed by atoms with Crippen molar-refractivity contribution in [3.63, 3.8) is 0 Å². The maximum Gasteiger partial charge on any atom is 0.208 e. The lowest BCUT2D eigenvalue weighted by Gasteiger charge is -2.25. The minimum absolute atomic E-state index is 0.133. The number of nitrogens with two attached hydrogens (primary N) is 1. The van der Waals surface area contributed by atoms with Crippen molar-refractivity contribution < 1.29 is 4.74 Å². The lowest BCUT2D eigenvalue weighted by atomic mass is 10.4. The Morgan fingerprint density at radius 1 is 1.62 bits per heavy atom. The first-order chi connectivity index (χ1) is 7.72. The predicted octanol–water partition coefficient (Wildman–Crippen LogP) is 0.715. The molecule has 1 atom stereocenters. The van der Waals surface area contributed by atoms with E-state index in [4.69, 9.17) is 10.6 Å². The monoisotopic (exact) mass is 228 g/mol. The number of nitrogens with zero attached hydrogens (tertiary/aromatic N) is 2. The summed E-state index contributed by atoms with van der Waals surface area (Å²) in [6, 6.07) is 0.763. The number of hydrazine groups is 1. The van der Waals surface area contributed by atoms with Gasteiger partial charge in [-0.25, -0.2) is 10.8 Å². The van der Waals surface area contributed by atoms with Crippen molar-refractivity contribution in [3.8, 4) is 0 Å². The van der Waals surface area contributed by atoms with E-state index in [-0.39, 0.29) is 6.04 Å². The van der Waals surface area contributed by atoms with Crippen molar-refractivity contribution in [2.75, 3.05) is 20.3 Å². The molecule has 1 rings (SSSR count). The Balaban J connectivity index is 2.60. The van der Waals surface area contributed by atoms with Crippen molar-refractivity contribution in [2.24, 2.45) is 10.8 Å². The first kappa shape index (κ1) is 13.3. The van der Waals surface area contributed by atoms with Crippen LogP contribution in [0, 0.1) is 0 Å². The number of guanidine groups is 1. The summed E-state index contributed by atoms with van der Waals surface area (Å²) < 4.78 is 5.07. The van der Waals surface area contributed by atoms with Gasteiger partial charge in [-0.15, -0.1) is 0 Å². The highest BCUT2D eigenvalue weighted by Crippen LogP contribution is 2.26. The summed E-state index contributed by atoms with van der Waals surface area (Å²) in [5, 5.41) is 0. The van der Waals surface area contributed by atoms with Gasteiger partial charge in [0.15, 0.2) is 0 Å². The minimum atomic E-state index is 0.133. The quantitative estimate of drug-likeness (QED) is 0.304. The van der Waals surface area contributed by atoms with Gasteiger partial charge in [-0.3, -0.25) is 5.43 Å². The lowest BCUT2D eigenvalue weighted by Crippen LogP contribution is -2.47. The molecule has 3 N–H and O–H groups in total. The number of hydrogen-bond donors (Lipinski definition) is 2. The molecule has 94 valence electrons. The summed E-state index contributed by atoms with van der Waals surface area (Å²) in [4.78, 5) is 6.82. The Bertz CT molecular complexity index is 228. The van der Waals surface area contributed by atoms with Gasteiger partial charge in [-0.2, -0.15) is 0 Å². The number of aliphatic imine (C=N–C) groups is 1. The Morgan fingerprint density at radius 2 is 2.31 bits per heavy atom. The van der Waals surface area contributed by atoms with Crippen molar-refractivity contribution in [1.29, 1.82) is 0 Å². The van der Waals surface area contributed by atoms with Gasteiger partial charge in [0, 0.05) is 19.7 Å². The fourth-order valence-corrected chi connectivity index (χ4v) is 1.77. The third kappa shape index (κ3) is 3.98. The zero-order chi connectivity index (χ0) is 12.0. The predicted molar refractivity (Wildman–Crippen MR) is 66.1 cm³/mol. The standard InChI is InChI=1S/C11H24N4O/c1-4-7-15(10-5-6-10)11(14-12)13-9(2)8-16-3/h9-10H,4-8,12H2,1-3H3,(H,13,14). The van der Waals surface area contributed by atoms with E-state index in [0.29, 0.717) is 12.6 Å². The molecule has 0 aromatic heterocycles. The van der Waals surface area contributed by atoms with Crippen LogP contribution in [0.15, 0.2) is 4.99 Å². The van der Waals surface area contributed by atoms with E-state index in [1.165, 1.54) is 12.8 Å². The smallest absolute Gasteiger partial charge is 0.208 e. The molecular formula is C11H24N4O. The molecule has 1 unspecified atom stereocenters. The normalized spacial score (nSPS) is 18.4. The number of methoxy groups -OCH3 is 1. The molecule has 5 heteroatoms. The van der Waals surface area contributed by atoms with Gasteiger partial charge in [0.25, 0.3) is 0 Å². The number of hydrogen-bond acceptors (Lipinski definition) is 3. The second-order valence-electron chi connectivity index (χ2n) is 4.33. The van der Waals surface area contributed by atoms with Crippen LogP contribution in [0.1, 0.15) is 33.1 Å². The fourth-order valence-electron chi connectivity index (χ4n) is 1.77. The summed E-state index contributed by atoms with van der Waals surface area (Å²) in [5.74, 6) is 6.35. The van der Waals surface area contributed by atoms with E-state index in [2.05, 4.69) is 22.2 Å². The van der Waals surface area contributed by atoms with Crippen LogP contribution in [0.4, 0.5) is 0 Å². The summed E-state index contributed by atoms with van der Waals surface area (Å²) in [6.45, 7) is 5.82. The molecule has 0 aromatic rings. The molecule has 0 saturated heterocycles. The van der Waals surface area contributed by atoms with E-state index < -0.39 is 0 Å². The molecular weight excluding hydrogens is 204 g/mol. The average Bonchev–Trinajstić information content (AvgIpc) is 3.07. The van der Waals surface area contributed by atoms with Crippen LogP contribution in [0.5, 0.6) is 0 Å². The van der Waals surface area contributed by atoms with Crippen molar-refractivity contribution >= 4 is 5.96 Å². The molecule has 5 nitrogen and oxygen atoms in total. The lowest BCUT2D eigenvalue weighted by molar-refractivity contribution is 0.185. The first-order valence-electron chi connectivity index (χ1n) is 6.02. The molecule has 0 bridgehead atoms. The minimum Gasteiger partial charge on any atom is -0.382 e. The third-order valence-corrected chi connectivity index (χ3v) is 2.60. The second-order valence-corrected chi connectivity index (χ2v) is 4.33. The summed E-state index contributed by atoms with van der Waals surface area (Å²) >= 11 is 0. The molecule has 0 spiro atoms. The molecule has 0 heterocycles. The van der Waals surface area contributed by atoms with Gasteiger partial charge in [-0.05, 0) is 26.2 Å². The summed E-state index contributed by atoms with van der Waals surface area (Å²) in [7, 11) is 1.69. The van der Waals surface area contributed by atoms with E-state index in [0.717, 1.165) is 18.9 Å². The van der Waals surface area contributed by atoms with Gasteiger partial charge in [0.05, 0.1) is 12.6 Å². The SMILES string of the molecule is CCCN(C(=NC(C)COC)NN)C1CC1. The number of rotatable bonds is 6. The third-order valence-electron chi connectivity index (χ3n) is 2.60. The Morgan fingerprint density at radius 3 is 2.75 bits per heavy atom. The molecule has 0 aliphatic heterocycles. The maximum atomic E-state index is 5.55. The molecule has 0 amide bonds. The highest BCUT2D eigenvalue weighted by molar-refractivity contribution is 5.80. The van der Waals surface area contributed by atoms with Crippen LogP contribution in [-0.4, -0.2) is 43.2 Å². The largest absolute Gasteiger partial charge is 0.382 e. The van der Waals surface area contributed by atoms with E-state index >= 15 is 0 Å². The van der Waals surface area contributed by atoms with Crippen LogP contribution in [-0.2, 0) is 4.74 Å². The van der Waals surface area contributed by atoms with Gasteiger partial charge in [0.2, 0.25) is 5.96 Å². The van der Waals surface area contributed by atoms with Crippen LogP contribution in [0.25, 0.3) is 0 Å². The zero-order valence-corrected chi connectivity index (χ0v) is 10.6. The van der Waals surface area contributed by atoms with Crippen LogP contribution in [0.2, 0.25) is 0 Å². The Labute approximate surface area is 98.0 Å². The highest BCUT2D eigenvalue weighted by atomic mass is 16.5. The molecule has 1 fully saturated rings. The van der Waals surface area contributed by atoms with Crippen molar-refractivity contribution in [2.45, 2.75) is 45.2 Å². The molecule has 0 radical (unpaired) electrons. The molecule has 16 heavy (non-hydrogen) atoms. The Hall–Kier alpha value is -0.810. The second kappa shape index (κ2) is 6.70. The average molecular weight is 228 g/mol. The van der Waals surface area contributed by atoms with Crippen LogP contribution in [0.3, 0.4) is 0 Å². The van der Waals surface area contributed by atoms with Gasteiger partial charge >= 0.3 is 0 Å². The fraction of sp³-hybridized carbons (Fsp3) is 0.909. The van der Waals surface area contributed by atoms with Crippen LogP contribution < -0.4 is 11.3 Å². The van der Waals surface area contributed by atoms with Crippen LogP contribution >= 0.6 is 0 Å². The van der Waals surface area contributed by atoms with Gasteiger partial charge in [-0.1, -0.05) is 6.92 Å². The molecule has 1 saturated carbocycles. The molecule has 0 aromatic carbocycles. The molecule has 1 aliphatic rings. The topological polar surface area (TPSA) is 62.9 Å². The van der Waals surface area contributed by atoms with E-state index in [9.17, 15) is 0 Å². The summed E-state index contributed by atoms with van der Waals surface area (Å²) in [6.07, 6.45) is 3.61. The van der Waals surface area contributed by atoms with Gasteiger partial charge < -0.3 is 9.64 Å². The van der Waals surface area contributed by atoms with Crippen molar-refractivity contribution in [3.05, 3.63) is 0 Å². The van der Waals surface area contributed by atoms with E-state index in [1.807, 2.05) is 6.92 Å².